The van der Waals surface area contributed by atoms with Crippen molar-refractivity contribution in [1.82, 2.24) is 15.5 Å². The van der Waals surface area contributed by atoms with E-state index in [1.807, 2.05) is 20.8 Å². The van der Waals surface area contributed by atoms with Crippen molar-refractivity contribution in [1.29, 1.82) is 0 Å². The quantitative estimate of drug-likeness (QED) is 0.384. The van der Waals surface area contributed by atoms with Crippen molar-refractivity contribution in [2.24, 2.45) is 4.99 Å². The van der Waals surface area contributed by atoms with Crippen molar-refractivity contribution in [3.63, 3.8) is 0 Å². The van der Waals surface area contributed by atoms with Gasteiger partial charge in [0.1, 0.15) is 6.54 Å². The number of hydrogen-bond donors (Lipinski definition) is 2. The normalized spacial score (nSPS) is 13.5. The molecule has 25 heavy (non-hydrogen) atoms. The Labute approximate surface area is 165 Å². The molecular formula is C17H27F2IN4O. The van der Waals surface area contributed by atoms with Gasteiger partial charge in [0.15, 0.2) is 17.6 Å². The number of nitrogens with zero attached hydrogens (tertiary/aromatic N) is 2. The van der Waals surface area contributed by atoms with Crippen molar-refractivity contribution >= 4 is 35.8 Å². The maximum absolute atomic E-state index is 13.4. The second-order valence-corrected chi connectivity index (χ2v) is 5.95. The van der Waals surface area contributed by atoms with Crippen LogP contribution in [0.5, 0.6) is 0 Å². The molecule has 0 bridgehead atoms. The van der Waals surface area contributed by atoms with Crippen molar-refractivity contribution in [2.45, 2.75) is 39.3 Å². The van der Waals surface area contributed by atoms with E-state index >= 15 is 0 Å². The Bertz CT molecular complexity index is 596. The van der Waals surface area contributed by atoms with Gasteiger partial charge in [-0.1, -0.05) is 13.0 Å². The van der Waals surface area contributed by atoms with E-state index in [0.29, 0.717) is 11.5 Å². The largest absolute Gasteiger partial charge is 0.354 e. The molecule has 8 heteroatoms. The highest BCUT2D eigenvalue weighted by atomic mass is 127. The first-order chi connectivity index (χ1) is 11.2. The number of aliphatic imine (C=N–C) groups is 1. The van der Waals surface area contributed by atoms with Crippen LogP contribution in [0, 0.1) is 11.6 Å². The molecule has 142 valence electrons. The summed E-state index contributed by atoms with van der Waals surface area (Å²) in [5.41, 5.74) is 0.589. The fraction of sp³-hybridized carbons (Fsp3) is 0.529. The zero-order valence-electron chi connectivity index (χ0n) is 15.3. The van der Waals surface area contributed by atoms with Crippen LogP contribution < -0.4 is 10.6 Å². The van der Waals surface area contributed by atoms with Gasteiger partial charge in [-0.05, 0) is 38.0 Å². The van der Waals surface area contributed by atoms with Crippen LogP contribution in [0.3, 0.4) is 0 Å². The van der Waals surface area contributed by atoms with Crippen molar-refractivity contribution in [2.75, 3.05) is 20.6 Å². The van der Waals surface area contributed by atoms with Gasteiger partial charge in [0.25, 0.3) is 0 Å². The molecule has 0 aromatic heterocycles. The maximum atomic E-state index is 13.4. The number of rotatable bonds is 6. The lowest BCUT2D eigenvalue weighted by Crippen LogP contribution is -2.43. The third-order valence-corrected chi connectivity index (χ3v) is 3.66. The van der Waals surface area contributed by atoms with Crippen LogP contribution in [-0.4, -0.2) is 43.4 Å². The Morgan fingerprint density at radius 1 is 1.20 bits per heavy atom. The molecule has 2 atom stereocenters. The molecule has 0 heterocycles. The van der Waals surface area contributed by atoms with E-state index in [4.69, 9.17) is 0 Å². The van der Waals surface area contributed by atoms with Gasteiger partial charge in [-0.25, -0.2) is 13.8 Å². The second kappa shape index (κ2) is 11.2. The summed E-state index contributed by atoms with van der Waals surface area (Å²) in [5.74, 6) is -1.44. The lowest BCUT2D eigenvalue weighted by atomic mass is 10.1. The van der Waals surface area contributed by atoms with Crippen LogP contribution in [0.2, 0.25) is 0 Å². The van der Waals surface area contributed by atoms with Crippen LogP contribution in [0.25, 0.3) is 0 Å². The third kappa shape index (κ3) is 7.98. The molecule has 1 aromatic carbocycles. The summed E-state index contributed by atoms with van der Waals surface area (Å²) >= 11 is 0. The Hall–Kier alpha value is -1.45. The molecule has 0 spiro atoms. The molecule has 0 saturated carbocycles. The van der Waals surface area contributed by atoms with E-state index in [-0.39, 0.29) is 48.5 Å². The monoisotopic (exact) mass is 468 g/mol. The summed E-state index contributed by atoms with van der Waals surface area (Å²) in [6, 6.07) is 3.62. The molecule has 1 aromatic rings. The smallest absolute Gasteiger partial charge is 0.243 e. The molecule has 0 aliphatic rings. The van der Waals surface area contributed by atoms with Crippen molar-refractivity contribution in [3.05, 3.63) is 35.4 Å². The minimum absolute atomic E-state index is 0. The number of benzene rings is 1. The van der Waals surface area contributed by atoms with Gasteiger partial charge in [-0.15, -0.1) is 24.0 Å². The van der Waals surface area contributed by atoms with Crippen molar-refractivity contribution < 1.29 is 13.6 Å². The van der Waals surface area contributed by atoms with Gasteiger partial charge in [-0.2, -0.15) is 0 Å². The first kappa shape index (κ1) is 23.5. The number of halogens is 3. The minimum atomic E-state index is -0.891. The average Bonchev–Trinajstić information content (AvgIpc) is 2.54. The van der Waals surface area contributed by atoms with Crippen LogP contribution in [0.1, 0.15) is 38.8 Å². The predicted molar refractivity (Wildman–Crippen MR) is 107 cm³/mol. The zero-order chi connectivity index (χ0) is 18.3. The molecule has 0 radical (unpaired) electrons. The SMILES string of the molecule is CCC(C)NC(=NCC(=O)N(C)C)NC(C)c1ccc(F)c(F)c1.I. The first-order valence-electron chi connectivity index (χ1n) is 7.97. The standard InChI is InChI=1S/C17H26F2N4O.HI/c1-6-11(2)21-17(20-10-16(24)23(4)5)22-12(3)13-7-8-14(18)15(19)9-13;/h7-9,11-12H,6,10H2,1-5H3,(H2,20,21,22);1H. The van der Waals surface area contributed by atoms with E-state index in [2.05, 4.69) is 15.6 Å². The highest BCUT2D eigenvalue weighted by molar-refractivity contribution is 14.0. The Kier molecular flexibility index (Phi) is 10.6. The molecule has 1 rings (SSSR count). The fourth-order valence-corrected chi connectivity index (χ4v) is 1.83. The van der Waals surface area contributed by atoms with Gasteiger partial charge in [0, 0.05) is 20.1 Å². The topological polar surface area (TPSA) is 56.7 Å². The third-order valence-electron chi connectivity index (χ3n) is 3.66. The Morgan fingerprint density at radius 3 is 2.36 bits per heavy atom. The summed E-state index contributed by atoms with van der Waals surface area (Å²) in [7, 11) is 3.33. The van der Waals surface area contributed by atoms with E-state index < -0.39 is 11.6 Å². The minimum Gasteiger partial charge on any atom is -0.354 e. The van der Waals surface area contributed by atoms with Gasteiger partial charge >= 0.3 is 0 Å². The van der Waals surface area contributed by atoms with Crippen LogP contribution in [-0.2, 0) is 4.79 Å². The first-order valence-corrected chi connectivity index (χ1v) is 7.97. The highest BCUT2D eigenvalue weighted by Gasteiger charge is 2.13. The molecule has 5 nitrogen and oxygen atoms in total. The second-order valence-electron chi connectivity index (χ2n) is 5.95. The van der Waals surface area contributed by atoms with E-state index in [9.17, 15) is 13.6 Å². The molecule has 2 unspecified atom stereocenters. The van der Waals surface area contributed by atoms with E-state index in [1.54, 1.807) is 14.1 Å². The zero-order valence-corrected chi connectivity index (χ0v) is 17.6. The summed E-state index contributed by atoms with van der Waals surface area (Å²) < 4.78 is 26.4. The molecule has 1 amide bonds. The van der Waals surface area contributed by atoms with E-state index in [0.717, 1.165) is 18.6 Å². The maximum Gasteiger partial charge on any atom is 0.243 e. The summed E-state index contributed by atoms with van der Waals surface area (Å²) in [6.45, 7) is 5.84. The molecule has 0 saturated heterocycles. The number of likely N-dealkylation sites (N-methyl/N-ethyl adjacent to an activating group) is 1. The Balaban J connectivity index is 0.00000576. The lowest BCUT2D eigenvalue weighted by Gasteiger charge is -2.22. The van der Waals surface area contributed by atoms with Gasteiger partial charge in [0.05, 0.1) is 6.04 Å². The number of carbonyl (C=O) groups is 1. The van der Waals surface area contributed by atoms with Crippen LogP contribution in [0.4, 0.5) is 8.78 Å². The highest BCUT2D eigenvalue weighted by Crippen LogP contribution is 2.15. The summed E-state index contributed by atoms with van der Waals surface area (Å²) in [4.78, 5) is 17.4. The molecule has 0 fully saturated rings. The molecule has 0 aliphatic heterocycles. The number of carbonyl (C=O) groups excluding carboxylic acids is 1. The Morgan fingerprint density at radius 2 is 1.84 bits per heavy atom. The van der Waals surface area contributed by atoms with Crippen LogP contribution in [0.15, 0.2) is 23.2 Å². The summed E-state index contributed by atoms with van der Waals surface area (Å²) in [6.07, 6.45) is 0.877. The van der Waals surface area contributed by atoms with Gasteiger partial charge in [-0.3, -0.25) is 4.79 Å². The number of amides is 1. The summed E-state index contributed by atoms with van der Waals surface area (Å²) in [5, 5.41) is 6.31. The number of guanidine groups is 1. The van der Waals surface area contributed by atoms with Gasteiger partial charge in [0.2, 0.25) is 5.91 Å². The fourth-order valence-electron chi connectivity index (χ4n) is 1.83. The lowest BCUT2D eigenvalue weighted by molar-refractivity contribution is -0.127. The molecular weight excluding hydrogens is 441 g/mol. The average molecular weight is 468 g/mol. The number of nitrogens with one attached hydrogen (secondary N) is 2. The predicted octanol–water partition coefficient (Wildman–Crippen LogP) is 3.07. The number of hydrogen-bond acceptors (Lipinski definition) is 2. The van der Waals surface area contributed by atoms with E-state index in [1.165, 1.54) is 11.0 Å². The molecule has 0 aliphatic carbocycles. The van der Waals surface area contributed by atoms with Crippen LogP contribution >= 0.6 is 24.0 Å². The van der Waals surface area contributed by atoms with Crippen molar-refractivity contribution in [3.8, 4) is 0 Å². The van der Waals surface area contributed by atoms with Gasteiger partial charge < -0.3 is 15.5 Å². The molecule has 2 N–H and O–H groups in total.